The number of aromatic nitrogens is 2. The zero-order chi connectivity index (χ0) is 38.3. The number of carbonyl (C=O) groups is 2. The second-order valence-corrected chi connectivity index (χ2v) is 13.1. The summed E-state index contributed by atoms with van der Waals surface area (Å²) in [5, 5.41) is 19.9. The summed E-state index contributed by atoms with van der Waals surface area (Å²) in [7, 11) is 1.53. The number of rotatable bonds is 14. The molecule has 0 bridgehead atoms. The number of benzene rings is 2. The summed E-state index contributed by atoms with van der Waals surface area (Å²) < 4.78 is 82.0. The molecule has 1 saturated carbocycles. The van der Waals surface area contributed by atoms with Crippen LogP contribution in [0, 0.1) is 11.6 Å². The van der Waals surface area contributed by atoms with E-state index in [1.165, 1.54) is 42.4 Å². The number of hydrazine groups is 1. The fourth-order valence-electron chi connectivity index (χ4n) is 6.46. The first-order valence-corrected chi connectivity index (χ1v) is 17.5. The first-order chi connectivity index (χ1) is 25.3. The quantitative estimate of drug-likeness (QED) is 0.0919. The normalized spacial score (nSPS) is 16.4. The number of aliphatic hydroxyl groups is 1. The Morgan fingerprint density at radius 3 is 2.47 bits per heavy atom. The van der Waals surface area contributed by atoms with Crippen molar-refractivity contribution in [3.05, 3.63) is 82.0 Å². The van der Waals surface area contributed by atoms with Gasteiger partial charge < -0.3 is 25.2 Å². The first-order valence-electron chi connectivity index (χ1n) is 17.2. The zero-order valence-electron chi connectivity index (χ0n) is 29.2. The molecule has 0 atom stereocenters. The van der Waals surface area contributed by atoms with E-state index >= 15 is 8.78 Å². The summed E-state index contributed by atoms with van der Waals surface area (Å²) in [6.45, 7) is 3.63. The minimum absolute atomic E-state index is 0.0138. The summed E-state index contributed by atoms with van der Waals surface area (Å²) in [6, 6.07) is 7.19. The number of amides is 2. The van der Waals surface area contributed by atoms with Crippen LogP contribution >= 0.6 is 11.6 Å². The maximum Gasteiger partial charge on any atom is 0.433 e. The third-order valence-corrected chi connectivity index (χ3v) is 9.47. The highest BCUT2D eigenvalue weighted by atomic mass is 35.5. The lowest BCUT2D eigenvalue weighted by Gasteiger charge is -2.51. The molecule has 0 radical (unpaired) electrons. The number of alkyl halides is 3. The van der Waals surface area contributed by atoms with Crippen molar-refractivity contribution in [2.24, 2.45) is 0 Å². The molecule has 5 rings (SSSR count). The van der Waals surface area contributed by atoms with Crippen molar-refractivity contribution < 1.29 is 46.1 Å². The average Bonchev–Trinajstić information content (AvgIpc) is 3.14. The van der Waals surface area contributed by atoms with Gasteiger partial charge in [0.15, 0.2) is 11.6 Å². The molecule has 2 aliphatic rings. The van der Waals surface area contributed by atoms with Crippen molar-refractivity contribution in [3.63, 3.8) is 0 Å². The lowest BCUT2D eigenvalue weighted by molar-refractivity contribution is -0.166. The van der Waals surface area contributed by atoms with Crippen LogP contribution in [-0.4, -0.2) is 82.4 Å². The molecule has 11 nitrogen and oxygen atoms in total. The number of aliphatic hydroxyl groups excluding tert-OH is 1. The van der Waals surface area contributed by atoms with Gasteiger partial charge in [0.1, 0.15) is 30.0 Å². The van der Waals surface area contributed by atoms with Crippen LogP contribution in [0.5, 0.6) is 5.75 Å². The molecule has 2 heterocycles. The van der Waals surface area contributed by atoms with Crippen molar-refractivity contribution in [2.75, 3.05) is 45.3 Å². The Balaban J connectivity index is 1.40. The van der Waals surface area contributed by atoms with Gasteiger partial charge in [-0.15, -0.1) is 0 Å². The van der Waals surface area contributed by atoms with Crippen molar-refractivity contribution in [1.29, 1.82) is 0 Å². The van der Waals surface area contributed by atoms with Crippen molar-refractivity contribution >= 4 is 29.1 Å². The molecule has 3 N–H and O–H groups in total. The van der Waals surface area contributed by atoms with Crippen LogP contribution in [0.1, 0.15) is 56.7 Å². The van der Waals surface area contributed by atoms with Gasteiger partial charge in [0.05, 0.1) is 30.1 Å². The number of halogens is 6. The number of ether oxygens (including phenoxy) is 2. The van der Waals surface area contributed by atoms with Crippen molar-refractivity contribution in [2.45, 2.75) is 63.7 Å². The second kappa shape index (κ2) is 17.2. The van der Waals surface area contributed by atoms with E-state index < -0.39 is 58.7 Å². The largest absolute Gasteiger partial charge is 0.509 e. The molecule has 0 unspecified atom stereocenters. The van der Waals surface area contributed by atoms with E-state index in [1.54, 1.807) is 0 Å². The van der Waals surface area contributed by atoms with Gasteiger partial charge in [-0.05, 0) is 49.6 Å². The Labute approximate surface area is 308 Å². The van der Waals surface area contributed by atoms with E-state index in [2.05, 4.69) is 20.6 Å². The third kappa shape index (κ3) is 8.88. The minimum atomic E-state index is -4.79. The maximum atomic E-state index is 15.5. The molecule has 1 spiro atoms. The van der Waals surface area contributed by atoms with Gasteiger partial charge in [0, 0.05) is 42.9 Å². The highest BCUT2D eigenvalue weighted by Crippen LogP contribution is 2.44. The summed E-state index contributed by atoms with van der Waals surface area (Å²) in [5.41, 5.74) is -3.63. The van der Waals surface area contributed by atoms with Crippen LogP contribution in [0.15, 0.2) is 54.1 Å². The Morgan fingerprint density at radius 1 is 1.02 bits per heavy atom. The Kier molecular flexibility index (Phi) is 12.9. The van der Waals surface area contributed by atoms with Crippen LogP contribution in [0.2, 0.25) is 5.02 Å². The second-order valence-electron chi connectivity index (χ2n) is 12.7. The molecular formula is C36H40ClF5N6O5. The van der Waals surface area contributed by atoms with Crippen molar-refractivity contribution in [1.82, 2.24) is 25.3 Å². The Bertz CT molecular complexity index is 1840. The molecule has 2 aromatic carbocycles. The number of nitrogens with one attached hydrogen (secondary N) is 2. The van der Waals surface area contributed by atoms with Gasteiger partial charge in [0.2, 0.25) is 5.82 Å². The lowest BCUT2D eigenvalue weighted by Crippen LogP contribution is -2.63. The van der Waals surface area contributed by atoms with E-state index in [4.69, 9.17) is 21.1 Å². The van der Waals surface area contributed by atoms with Gasteiger partial charge in [-0.2, -0.15) is 17.6 Å². The molecule has 286 valence electrons. The fourth-order valence-corrected chi connectivity index (χ4v) is 6.63. The van der Waals surface area contributed by atoms with Crippen LogP contribution in [-0.2, 0) is 27.0 Å². The molecule has 17 heteroatoms. The van der Waals surface area contributed by atoms with E-state index in [-0.39, 0.29) is 39.9 Å². The molecule has 2 amide bonds. The molecular weight excluding hydrogens is 727 g/mol. The summed E-state index contributed by atoms with van der Waals surface area (Å²) in [5.74, 6) is -5.41. The smallest absolute Gasteiger partial charge is 0.433 e. The fraction of sp³-hybridized carbons (Fsp3) is 0.444. The molecule has 53 heavy (non-hydrogen) atoms. The predicted molar refractivity (Wildman–Crippen MR) is 186 cm³/mol. The Morgan fingerprint density at radius 2 is 1.75 bits per heavy atom. The number of hydrogen-bond acceptors (Lipinski definition) is 9. The van der Waals surface area contributed by atoms with Gasteiger partial charge in [-0.3, -0.25) is 14.6 Å². The monoisotopic (exact) mass is 766 g/mol. The topological polar surface area (TPSA) is 129 Å². The highest BCUT2D eigenvalue weighted by molar-refractivity contribution is 6.31. The van der Waals surface area contributed by atoms with E-state index in [9.17, 15) is 27.9 Å². The first kappa shape index (κ1) is 39.8. The van der Waals surface area contributed by atoms with Crippen LogP contribution in [0.4, 0.5) is 27.6 Å². The molecule has 3 aromatic rings. The summed E-state index contributed by atoms with van der Waals surface area (Å²) in [6.07, 6.45) is -0.389. The third-order valence-electron chi connectivity index (χ3n) is 9.23. The molecule has 1 aliphatic heterocycles. The minimum Gasteiger partial charge on any atom is -0.509 e. The van der Waals surface area contributed by atoms with Gasteiger partial charge in [0.25, 0.3) is 11.8 Å². The van der Waals surface area contributed by atoms with E-state index in [1.807, 2.05) is 6.92 Å². The van der Waals surface area contributed by atoms with Crippen LogP contribution in [0.3, 0.4) is 0 Å². The maximum absolute atomic E-state index is 15.5. The van der Waals surface area contributed by atoms with Gasteiger partial charge in [-0.25, -0.2) is 19.4 Å². The molecule has 1 fully saturated rings. The SMILES string of the molecule is CCCOCCNCCOc1ccc(CN2C(=O)C(C(=O)Nc3ccc(Cl)cc3-c3cc(C(F)(F)F)ncn3)=C(O)C3(CCCCC3)N2C)c(F)c1F. The number of carbonyl (C=O) groups excluding carboxylic acids is 2. The van der Waals surface area contributed by atoms with Crippen molar-refractivity contribution in [3.8, 4) is 17.0 Å². The molecule has 0 saturated heterocycles. The average molecular weight is 767 g/mol. The standard InChI is InChI=1S/C36H40ClF5N6O5/c1-3-15-52-16-13-43-14-17-53-27-10-7-22(30(38)31(27)39)20-48-34(51)29(32(49)35(47(48)2)11-5-4-6-12-35)33(50)46-25-9-8-23(37)18-24(25)26-19-28(36(40,41)42)45-21-44-26/h7-10,18-19,21,43,49H,3-6,11-17,20H2,1-2H3,(H,46,50). The predicted octanol–water partition coefficient (Wildman–Crippen LogP) is 6.83. The van der Waals surface area contributed by atoms with Gasteiger partial charge in [-0.1, -0.05) is 43.9 Å². The van der Waals surface area contributed by atoms with E-state index in [0.717, 1.165) is 17.9 Å². The number of hydrogen-bond donors (Lipinski definition) is 3. The van der Waals surface area contributed by atoms with Crippen LogP contribution in [0.25, 0.3) is 11.3 Å². The summed E-state index contributed by atoms with van der Waals surface area (Å²) in [4.78, 5) is 35.3. The number of nitrogens with zero attached hydrogens (tertiary/aromatic N) is 4. The van der Waals surface area contributed by atoms with Gasteiger partial charge >= 0.3 is 6.18 Å². The lowest BCUT2D eigenvalue weighted by atomic mass is 9.77. The highest BCUT2D eigenvalue weighted by Gasteiger charge is 2.52. The van der Waals surface area contributed by atoms with Crippen LogP contribution < -0.4 is 15.4 Å². The number of likely N-dealkylation sites (N-methyl/N-ethyl adjacent to an activating group) is 1. The van der Waals surface area contributed by atoms with E-state index in [0.29, 0.717) is 64.4 Å². The zero-order valence-corrected chi connectivity index (χ0v) is 29.9. The molecule has 1 aromatic heterocycles. The molecule has 1 aliphatic carbocycles. The summed E-state index contributed by atoms with van der Waals surface area (Å²) >= 11 is 6.16. The Hall–Kier alpha value is -4.38. The number of anilines is 1.